The van der Waals surface area contributed by atoms with Gasteiger partial charge in [0, 0.05) is 47.8 Å². The molecular formula is C45H27N3S. The van der Waals surface area contributed by atoms with Gasteiger partial charge in [0.25, 0.3) is 0 Å². The molecule has 0 fully saturated rings. The van der Waals surface area contributed by atoms with Crippen molar-refractivity contribution in [1.29, 1.82) is 0 Å². The van der Waals surface area contributed by atoms with E-state index >= 15 is 0 Å². The molecule has 0 aliphatic rings. The Hall–Kier alpha value is -6.23. The first-order valence-electron chi connectivity index (χ1n) is 16.4. The first-order chi connectivity index (χ1) is 24.3. The molecule has 3 nitrogen and oxygen atoms in total. The van der Waals surface area contributed by atoms with Gasteiger partial charge in [-0.1, -0.05) is 152 Å². The minimum Gasteiger partial charge on any atom is -0.208 e. The summed E-state index contributed by atoms with van der Waals surface area (Å²) in [6.07, 6.45) is 0. The molecule has 0 spiro atoms. The molecule has 0 atom stereocenters. The molecule has 0 bridgehead atoms. The molecule has 0 aliphatic carbocycles. The number of hydrogen-bond donors (Lipinski definition) is 0. The Kier molecular flexibility index (Phi) is 6.36. The Morgan fingerprint density at radius 2 is 0.878 bits per heavy atom. The van der Waals surface area contributed by atoms with Crippen LogP contribution in [0.1, 0.15) is 0 Å². The molecule has 10 rings (SSSR count). The van der Waals surface area contributed by atoms with E-state index in [-0.39, 0.29) is 0 Å². The van der Waals surface area contributed by atoms with E-state index in [2.05, 4.69) is 127 Å². The molecular weight excluding hydrogens is 615 g/mol. The van der Waals surface area contributed by atoms with Gasteiger partial charge in [0.05, 0.1) is 0 Å². The third kappa shape index (κ3) is 4.61. The second kappa shape index (κ2) is 11.2. The van der Waals surface area contributed by atoms with Crippen molar-refractivity contribution in [2.45, 2.75) is 0 Å². The van der Waals surface area contributed by atoms with Crippen molar-refractivity contribution in [3.8, 4) is 45.3 Å². The number of hydrogen-bond acceptors (Lipinski definition) is 4. The number of benzene rings is 8. The Balaban J connectivity index is 1.24. The zero-order valence-corrected chi connectivity index (χ0v) is 27.2. The van der Waals surface area contributed by atoms with Crippen LogP contribution in [0.2, 0.25) is 0 Å². The summed E-state index contributed by atoms with van der Waals surface area (Å²) in [5.74, 6) is 1.97. The maximum atomic E-state index is 5.08. The van der Waals surface area contributed by atoms with Crippen LogP contribution in [-0.2, 0) is 0 Å². The number of aromatic nitrogens is 3. The summed E-state index contributed by atoms with van der Waals surface area (Å²) in [5, 5.41) is 10.1. The molecule has 2 heterocycles. The molecule has 0 aliphatic heterocycles. The topological polar surface area (TPSA) is 38.7 Å². The Bertz CT molecular complexity index is 2820. The molecule has 49 heavy (non-hydrogen) atoms. The van der Waals surface area contributed by atoms with E-state index < -0.39 is 0 Å². The summed E-state index contributed by atoms with van der Waals surface area (Å²) in [5.41, 5.74) is 5.26. The van der Waals surface area contributed by atoms with E-state index in [9.17, 15) is 0 Å². The lowest BCUT2D eigenvalue weighted by Gasteiger charge is -2.13. The van der Waals surface area contributed by atoms with Gasteiger partial charge in [0.15, 0.2) is 17.5 Å². The van der Waals surface area contributed by atoms with Gasteiger partial charge < -0.3 is 0 Å². The Labute approximate surface area is 286 Å². The monoisotopic (exact) mass is 641 g/mol. The van der Waals surface area contributed by atoms with Gasteiger partial charge in [-0.25, -0.2) is 15.0 Å². The van der Waals surface area contributed by atoms with Gasteiger partial charge in [-0.15, -0.1) is 11.3 Å². The highest BCUT2D eigenvalue weighted by atomic mass is 32.1. The van der Waals surface area contributed by atoms with Crippen LogP contribution in [-0.4, -0.2) is 15.0 Å². The van der Waals surface area contributed by atoms with Crippen molar-refractivity contribution in [2.75, 3.05) is 0 Å². The highest BCUT2D eigenvalue weighted by Crippen LogP contribution is 2.46. The molecule has 0 saturated heterocycles. The lowest BCUT2D eigenvalue weighted by Crippen LogP contribution is -2.00. The maximum absolute atomic E-state index is 5.08. The van der Waals surface area contributed by atoms with Crippen LogP contribution in [0.5, 0.6) is 0 Å². The first kappa shape index (κ1) is 27.8. The number of thiophene rings is 1. The fraction of sp³-hybridized carbons (Fsp3) is 0. The van der Waals surface area contributed by atoms with Crippen molar-refractivity contribution < 1.29 is 0 Å². The molecule has 10 aromatic rings. The van der Waals surface area contributed by atoms with Crippen molar-refractivity contribution >= 4 is 63.8 Å². The average molecular weight is 642 g/mol. The van der Waals surface area contributed by atoms with Crippen LogP contribution in [0.25, 0.3) is 97.8 Å². The van der Waals surface area contributed by atoms with E-state index in [1.807, 2.05) is 47.7 Å². The van der Waals surface area contributed by atoms with Gasteiger partial charge in [-0.3, -0.25) is 0 Å². The van der Waals surface area contributed by atoms with Crippen LogP contribution >= 0.6 is 11.3 Å². The number of fused-ring (bicyclic) bond motifs is 8. The van der Waals surface area contributed by atoms with Gasteiger partial charge in [0.2, 0.25) is 0 Å². The van der Waals surface area contributed by atoms with Gasteiger partial charge in [-0.2, -0.15) is 0 Å². The van der Waals surface area contributed by atoms with E-state index in [0.29, 0.717) is 17.5 Å². The highest BCUT2D eigenvalue weighted by molar-refractivity contribution is 7.27. The van der Waals surface area contributed by atoms with Gasteiger partial charge >= 0.3 is 0 Å². The maximum Gasteiger partial charge on any atom is 0.164 e. The largest absolute Gasteiger partial charge is 0.208 e. The van der Waals surface area contributed by atoms with Crippen LogP contribution in [0.4, 0.5) is 0 Å². The highest BCUT2D eigenvalue weighted by Gasteiger charge is 2.18. The zero-order chi connectivity index (χ0) is 32.3. The summed E-state index contributed by atoms with van der Waals surface area (Å²) >= 11 is 1.90. The third-order valence-corrected chi connectivity index (χ3v) is 10.8. The average Bonchev–Trinajstić information content (AvgIpc) is 3.57. The van der Waals surface area contributed by atoms with Gasteiger partial charge in [0.1, 0.15) is 0 Å². The second-order valence-electron chi connectivity index (χ2n) is 12.4. The van der Waals surface area contributed by atoms with Crippen LogP contribution in [0.3, 0.4) is 0 Å². The molecule has 8 aromatic carbocycles. The van der Waals surface area contributed by atoms with Crippen LogP contribution < -0.4 is 0 Å². The minimum atomic E-state index is 0.653. The number of nitrogens with zero attached hydrogens (tertiary/aromatic N) is 3. The Morgan fingerprint density at radius 3 is 1.61 bits per heavy atom. The van der Waals surface area contributed by atoms with E-state index in [1.54, 1.807) is 0 Å². The molecule has 0 unspecified atom stereocenters. The summed E-state index contributed by atoms with van der Waals surface area (Å²) < 4.78 is 2.61. The standard InChI is InChI=1S/C45H27N3S/c1-3-13-30(14-4-1)43-46-44(31-15-5-2-6-16-31)48-45(47-43)33-26-32-17-8-9-18-34(32)39(27-33)37-21-11-20-36-38-25-24-29-23-22-28-12-7-10-19-35(28)40(29)42(38)49-41(36)37/h1-27H. The van der Waals surface area contributed by atoms with E-state index in [0.717, 1.165) is 22.1 Å². The molecule has 4 heteroatoms. The Morgan fingerprint density at radius 1 is 0.327 bits per heavy atom. The van der Waals surface area contributed by atoms with Gasteiger partial charge in [-0.05, 0) is 44.6 Å². The summed E-state index contributed by atoms with van der Waals surface area (Å²) in [7, 11) is 0. The first-order valence-corrected chi connectivity index (χ1v) is 17.3. The summed E-state index contributed by atoms with van der Waals surface area (Å²) in [4.78, 5) is 15.1. The molecule has 0 saturated carbocycles. The van der Waals surface area contributed by atoms with E-state index in [1.165, 1.54) is 58.2 Å². The fourth-order valence-electron chi connectivity index (χ4n) is 7.16. The summed E-state index contributed by atoms with van der Waals surface area (Å²) in [6, 6.07) is 57.9. The zero-order valence-electron chi connectivity index (χ0n) is 26.3. The molecule has 2 aromatic heterocycles. The molecule has 0 amide bonds. The smallest absolute Gasteiger partial charge is 0.164 e. The van der Waals surface area contributed by atoms with Crippen molar-refractivity contribution in [3.05, 3.63) is 164 Å². The van der Waals surface area contributed by atoms with Crippen molar-refractivity contribution in [2.24, 2.45) is 0 Å². The minimum absolute atomic E-state index is 0.653. The predicted molar refractivity (Wildman–Crippen MR) is 207 cm³/mol. The van der Waals surface area contributed by atoms with Crippen molar-refractivity contribution in [1.82, 2.24) is 15.0 Å². The molecule has 0 radical (unpaired) electrons. The van der Waals surface area contributed by atoms with Crippen molar-refractivity contribution in [3.63, 3.8) is 0 Å². The van der Waals surface area contributed by atoms with E-state index in [4.69, 9.17) is 15.0 Å². The SMILES string of the molecule is c1ccc(-c2nc(-c3ccccc3)nc(-c3cc(-c4cccc5c4sc4c5ccc5ccc6ccccc6c54)c4ccccc4c3)n2)cc1. The van der Waals surface area contributed by atoms with Crippen LogP contribution in [0.15, 0.2) is 164 Å². The fourth-order valence-corrected chi connectivity index (χ4v) is 8.55. The normalized spacial score (nSPS) is 11.7. The predicted octanol–water partition coefficient (Wildman–Crippen LogP) is 12.4. The molecule has 0 N–H and O–H groups in total. The lowest BCUT2D eigenvalue weighted by atomic mass is 9.94. The second-order valence-corrected chi connectivity index (χ2v) is 13.4. The third-order valence-electron chi connectivity index (χ3n) is 9.48. The summed E-state index contributed by atoms with van der Waals surface area (Å²) in [6.45, 7) is 0. The van der Waals surface area contributed by atoms with Crippen LogP contribution in [0, 0.1) is 0 Å². The molecule has 228 valence electrons. The quantitative estimate of drug-likeness (QED) is 0.180. The number of rotatable bonds is 4. The lowest BCUT2D eigenvalue weighted by molar-refractivity contribution is 1.07.